The summed E-state index contributed by atoms with van der Waals surface area (Å²) >= 11 is 5.92. The number of benzene rings is 2. The predicted octanol–water partition coefficient (Wildman–Crippen LogP) is 3.98. The molecule has 0 aliphatic rings. The Bertz CT molecular complexity index is 818. The number of hydrogen-bond acceptors (Lipinski definition) is 3. The van der Waals surface area contributed by atoms with Crippen molar-refractivity contribution in [3.05, 3.63) is 52.8 Å². The van der Waals surface area contributed by atoms with E-state index in [9.17, 15) is 4.39 Å². The molecule has 0 saturated heterocycles. The molecular weight excluding hydrogens is 277 g/mol. The normalized spacial score (nSPS) is 10.9. The Labute approximate surface area is 120 Å². The van der Waals surface area contributed by atoms with Gasteiger partial charge in [0.1, 0.15) is 11.6 Å². The smallest absolute Gasteiger partial charge is 0.165 e. The molecular formula is C15H11ClFN3. The van der Waals surface area contributed by atoms with E-state index < -0.39 is 0 Å². The number of hydrogen-bond donors (Lipinski definition) is 1. The van der Waals surface area contributed by atoms with Gasteiger partial charge in [-0.15, -0.1) is 0 Å². The van der Waals surface area contributed by atoms with Crippen molar-refractivity contribution in [2.75, 3.05) is 5.73 Å². The van der Waals surface area contributed by atoms with E-state index in [-0.39, 0.29) is 17.5 Å². The summed E-state index contributed by atoms with van der Waals surface area (Å²) < 4.78 is 14.0. The number of nitrogens with zero attached hydrogens (tertiary/aromatic N) is 2. The van der Waals surface area contributed by atoms with Crippen LogP contribution in [0.4, 0.5) is 10.2 Å². The maximum Gasteiger partial charge on any atom is 0.165 e. The SMILES string of the molecule is Cc1ccc(-c2nc(N)c3cc(Cl)ccc3n2)c(F)c1. The minimum Gasteiger partial charge on any atom is -0.383 e. The molecule has 0 aliphatic heterocycles. The van der Waals surface area contributed by atoms with Crippen LogP contribution < -0.4 is 5.73 Å². The molecule has 20 heavy (non-hydrogen) atoms. The van der Waals surface area contributed by atoms with Gasteiger partial charge in [-0.3, -0.25) is 0 Å². The topological polar surface area (TPSA) is 51.8 Å². The van der Waals surface area contributed by atoms with E-state index in [2.05, 4.69) is 9.97 Å². The van der Waals surface area contributed by atoms with Crippen molar-refractivity contribution < 1.29 is 4.39 Å². The fraction of sp³-hybridized carbons (Fsp3) is 0.0667. The number of nitrogens with two attached hydrogens (primary N) is 1. The zero-order chi connectivity index (χ0) is 14.3. The summed E-state index contributed by atoms with van der Waals surface area (Å²) in [7, 11) is 0. The third-order valence-electron chi connectivity index (χ3n) is 3.05. The van der Waals surface area contributed by atoms with E-state index in [0.717, 1.165) is 5.56 Å². The summed E-state index contributed by atoms with van der Waals surface area (Å²) in [6.07, 6.45) is 0. The van der Waals surface area contributed by atoms with Crippen LogP contribution >= 0.6 is 11.6 Å². The maximum atomic E-state index is 14.0. The van der Waals surface area contributed by atoms with Gasteiger partial charge in [0.05, 0.1) is 11.1 Å². The molecule has 100 valence electrons. The number of rotatable bonds is 1. The van der Waals surface area contributed by atoms with Crippen molar-refractivity contribution >= 4 is 28.3 Å². The molecule has 0 spiro atoms. The highest BCUT2D eigenvalue weighted by Gasteiger charge is 2.11. The van der Waals surface area contributed by atoms with Gasteiger partial charge >= 0.3 is 0 Å². The monoisotopic (exact) mass is 287 g/mol. The van der Waals surface area contributed by atoms with Crippen molar-refractivity contribution in [3.63, 3.8) is 0 Å². The van der Waals surface area contributed by atoms with Gasteiger partial charge in [0, 0.05) is 10.4 Å². The second-order valence-corrected chi connectivity index (χ2v) is 5.01. The summed E-state index contributed by atoms with van der Waals surface area (Å²) in [5.41, 5.74) is 7.72. The minimum absolute atomic E-state index is 0.273. The predicted molar refractivity (Wildman–Crippen MR) is 79.1 cm³/mol. The number of halogens is 2. The molecule has 0 fully saturated rings. The van der Waals surface area contributed by atoms with Gasteiger partial charge in [-0.25, -0.2) is 14.4 Å². The van der Waals surface area contributed by atoms with Crippen molar-refractivity contribution in [2.24, 2.45) is 0 Å². The number of nitrogen functional groups attached to an aromatic ring is 1. The first-order valence-electron chi connectivity index (χ1n) is 6.04. The molecule has 1 heterocycles. The Kier molecular flexibility index (Phi) is 3.03. The summed E-state index contributed by atoms with van der Waals surface area (Å²) in [5.74, 6) is 0.194. The van der Waals surface area contributed by atoms with E-state index in [4.69, 9.17) is 17.3 Å². The van der Waals surface area contributed by atoms with Crippen molar-refractivity contribution in [1.82, 2.24) is 9.97 Å². The van der Waals surface area contributed by atoms with Gasteiger partial charge in [0.2, 0.25) is 0 Å². The van der Waals surface area contributed by atoms with Gasteiger partial charge in [-0.1, -0.05) is 17.7 Å². The lowest BCUT2D eigenvalue weighted by Crippen LogP contribution is -1.99. The van der Waals surface area contributed by atoms with Crippen LogP contribution in [0.15, 0.2) is 36.4 Å². The Morgan fingerprint density at radius 1 is 1.10 bits per heavy atom. The molecule has 0 atom stereocenters. The van der Waals surface area contributed by atoms with Crippen LogP contribution in [-0.4, -0.2) is 9.97 Å². The molecule has 3 nitrogen and oxygen atoms in total. The van der Waals surface area contributed by atoms with Crippen LogP contribution in [-0.2, 0) is 0 Å². The Hall–Kier alpha value is -2.20. The van der Waals surface area contributed by atoms with E-state index >= 15 is 0 Å². The van der Waals surface area contributed by atoms with E-state index in [1.54, 1.807) is 24.3 Å². The van der Waals surface area contributed by atoms with Crippen LogP contribution in [0.5, 0.6) is 0 Å². The Morgan fingerprint density at radius 2 is 1.90 bits per heavy atom. The highest BCUT2D eigenvalue weighted by Crippen LogP contribution is 2.27. The lowest BCUT2D eigenvalue weighted by molar-refractivity contribution is 0.629. The van der Waals surface area contributed by atoms with Crippen molar-refractivity contribution in [2.45, 2.75) is 6.92 Å². The molecule has 1 aromatic heterocycles. The van der Waals surface area contributed by atoms with E-state index in [1.807, 2.05) is 13.0 Å². The van der Waals surface area contributed by atoms with Crippen LogP contribution in [0.3, 0.4) is 0 Å². The lowest BCUT2D eigenvalue weighted by Gasteiger charge is -2.07. The molecule has 2 N–H and O–H groups in total. The third-order valence-corrected chi connectivity index (χ3v) is 3.29. The molecule has 3 rings (SSSR count). The Balaban J connectivity index is 2.24. The first-order chi connectivity index (χ1) is 9.54. The molecule has 0 saturated carbocycles. The number of anilines is 1. The van der Waals surface area contributed by atoms with E-state index in [0.29, 0.717) is 21.5 Å². The van der Waals surface area contributed by atoms with Gasteiger partial charge in [0.15, 0.2) is 5.82 Å². The fourth-order valence-electron chi connectivity index (χ4n) is 2.05. The molecule has 5 heteroatoms. The highest BCUT2D eigenvalue weighted by molar-refractivity contribution is 6.31. The van der Waals surface area contributed by atoms with E-state index in [1.165, 1.54) is 6.07 Å². The number of fused-ring (bicyclic) bond motifs is 1. The quantitative estimate of drug-likeness (QED) is 0.736. The average molecular weight is 288 g/mol. The standard InChI is InChI=1S/C15H11ClFN3/c1-8-2-4-10(12(17)6-8)15-19-13-5-3-9(16)7-11(13)14(18)20-15/h2-7H,1H3,(H2,18,19,20). The summed E-state index contributed by atoms with van der Waals surface area (Å²) in [4.78, 5) is 8.52. The molecule has 0 unspecified atom stereocenters. The van der Waals surface area contributed by atoms with Crippen LogP contribution in [0.2, 0.25) is 5.02 Å². The number of aryl methyl sites for hydroxylation is 1. The maximum absolute atomic E-state index is 14.0. The second-order valence-electron chi connectivity index (χ2n) is 4.58. The molecule has 0 amide bonds. The van der Waals surface area contributed by atoms with Gasteiger partial charge in [0.25, 0.3) is 0 Å². The second kappa shape index (κ2) is 4.72. The zero-order valence-corrected chi connectivity index (χ0v) is 11.4. The van der Waals surface area contributed by atoms with Gasteiger partial charge in [-0.2, -0.15) is 0 Å². The summed E-state index contributed by atoms with van der Waals surface area (Å²) in [6.45, 7) is 1.82. The molecule has 0 aliphatic carbocycles. The minimum atomic E-state index is -0.363. The van der Waals surface area contributed by atoms with Crippen molar-refractivity contribution in [1.29, 1.82) is 0 Å². The summed E-state index contributed by atoms with van der Waals surface area (Å²) in [5, 5.41) is 1.22. The van der Waals surface area contributed by atoms with Crippen LogP contribution in [0.25, 0.3) is 22.3 Å². The molecule has 0 radical (unpaired) electrons. The average Bonchev–Trinajstić information content (AvgIpc) is 2.39. The summed E-state index contributed by atoms with van der Waals surface area (Å²) in [6, 6.07) is 10.1. The van der Waals surface area contributed by atoms with Crippen LogP contribution in [0.1, 0.15) is 5.56 Å². The first-order valence-corrected chi connectivity index (χ1v) is 6.42. The number of aromatic nitrogens is 2. The van der Waals surface area contributed by atoms with Gasteiger partial charge < -0.3 is 5.73 Å². The zero-order valence-electron chi connectivity index (χ0n) is 10.7. The first kappa shape index (κ1) is 12.8. The third kappa shape index (κ3) is 2.18. The highest BCUT2D eigenvalue weighted by atomic mass is 35.5. The largest absolute Gasteiger partial charge is 0.383 e. The lowest BCUT2D eigenvalue weighted by atomic mass is 10.1. The van der Waals surface area contributed by atoms with Crippen molar-refractivity contribution in [3.8, 4) is 11.4 Å². The molecule has 2 aromatic carbocycles. The van der Waals surface area contributed by atoms with Gasteiger partial charge in [-0.05, 0) is 42.8 Å². The Morgan fingerprint density at radius 3 is 2.65 bits per heavy atom. The fourth-order valence-corrected chi connectivity index (χ4v) is 2.22. The van der Waals surface area contributed by atoms with Crippen LogP contribution in [0, 0.1) is 12.7 Å². The molecule has 0 bridgehead atoms. The molecule has 3 aromatic rings.